The molecule has 0 amide bonds. The summed E-state index contributed by atoms with van der Waals surface area (Å²) in [5.74, 6) is 1.31. The van der Waals surface area contributed by atoms with E-state index in [0.29, 0.717) is 23.7 Å². The molecule has 23 heavy (non-hydrogen) atoms. The fourth-order valence-corrected chi connectivity index (χ4v) is 1.97. The maximum atomic E-state index is 11.4. The topological polar surface area (TPSA) is 111 Å². The van der Waals surface area contributed by atoms with Crippen molar-refractivity contribution < 1.29 is 14.4 Å². The van der Waals surface area contributed by atoms with Crippen LogP contribution in [0.25, 0.3) is 0 Å². The van der Waals surface area contributed by atoms with E-state index in [1.54, 1.807) is 25.3 Å². The molecule has 1 aromatic carbocycles. The molecule has 0 aliphatic heterocycles. The maximum absolute atomic E-state index is 11.4. The number of nitrogens with one attached hydrogen (secondary N) is 2. The van der Waals surface area contributed by atoms with Gasteiger partial charge in [-0.3, -0.25) is 10.1 Å². The van der Waals surface area contributed by atoms with E-state index in [1.807, 2.05) is 6.92 Å². The summed E-state index contributed by atoms with van der Waals surface area (Å²) in [6, 6.07) is 5.07. The van der Waals surface area contributed by atoms with Crippen LogP contribution in [0, 0.1) is 10.1 Å². The first-order valence-electron chi connectivity index (χ1n) is 6.83. The molecule has 0 aliphatic rings. The standard InChI is InChI=1S/C14H17N5O4/c1-4-15-13-12(19(20)21)14(17-8-16-13)18-10-6-5-9(22-2)7-11(10)23-3/h5-8H,4H2,1-3H3,(H2,15,16,17,18). The first-order chi connectivity index (χ1) is 11.1. The van der Waals surface area contributed by atoms with Gasteiger partial charge < -0.3 is 20.1 Å². The van der Waals surface area contributed by atoms with E-state index >= 15 is 0 Å². The van der Waals surface area contributed by atoms with Crippen LogP contribution in [-0.4, -0.2) is 35.7 Å². The number of benzene rings is 1. The highest BCUT2D eigenvalue weighted by Crippen LogP contribution is 2.35. The molecule has 2 aromatic rings. The van der Waals surface area contributed by atoms with E-state index in [9.17, 15) is 10.1 Å². The zero-order valence-corrected chi connectivity index (χ0v) is 13.0. The monoisotopic (exact) mass is 319 g/mol. The van der Waals surface area contributed by atoms with Crippen molar-refractivity contribution in [2.24, 2.45) is 0 Å². The Balaban J connectivity index is 2.44. The molecular formula is C14H17N5O4. The second-order valence-corrected chi connectivity index (χ2v) is 4.40. The Morgan fingerprint density at radius 3 is 2.57 bits per heavy atom. The molecule has 0 spiro atoms. The fraction of sp³-hybridized carbons (Fsp3) is 0.286. The Morgan fingerprint density at radius 1 is 1.22 bits per heavy atom. The van der Waals surface area contributed by atoms with E-state index in [2.05, 4.69) is 20.6 Å². The lowest BCUT2D eigenvalue weighted by molar-refractivity contribution is -0.383. The van der Waals surface area contributed by atoms with Gasteiger partial charge in [0.15, 0.2) is 0 Å². The number of hydrogen-bond donors (Lipinski definition) is 2. The molecule has 1 heterocycles. The number of nitrogens with zero attached hydrogens (tertiary/aromatic N) is 3. The molecule has 0 fully saturated rings. The molecule has 0 saturated heterocycles. The Labute approximate surface area is 132 Å². The maximum Gasteiger partial charge on any atom is 0.353 e. The summed E-state index contributed by atoms with van der Waals surface area (Å²) in [7, 11) is 3.04. The summed E-state index contributed by atoms with van der Waals surface area (Å²) in [5.41, 5.74) is 0.296. The van der Waals surface area contributed by atoms with Gasteiger partial charge in [-0.05, 0) is 19.1 Å². The Morgan fingerprint density at radius 2 is 1.96 bits per heavy atom. The van der Waals surface area contributed by atoms with Crippen molar-refractivity contribution in [2.45, 2.75) is 6.92 Å². The van der Waals surface area contributed by atoms with Crippen molar-refractivity contribution in [2.75, 3.05) is 31.4 Å². The van der Waals surface area contributed by atoms with Gasteiger partial charge in [-0.1, -0.05) is 0 Å². The highest BCUT2D eigenvalue weighted by atomic mass is 16.6. The van der Waals surface area contributed by atoms with Gasteiger partial charge in [0, 0.05) is 12.6 Å². The van der Waals surface area contributed by atoms with Gasteiger partial charge in [0.2, 0.25) is 11.6 Å². The molecule has 0 radical (unpaired) electrons. The number of methoxy groups -OCH3 is 2. The second-order valence-electron chi connectivity index (χ2n) is 4.40. The summed E-state index contributed by atoms with van der Waals surface area (Å²) >= 11 is 0. The number of nitro groups is 1. The zero-order valence-electron chi connectivity index (χ0n) is 13.0. The van der Waals surface area contributed by atoms with Crippen molar-refractivity contribution in [3.63, 3.8) is 0 Å². The summed E-state index contributed by atoms with van der Waals surface area (Å²) in [6.07, 6.45) is 1.25. The second kappa shape index (κ2) is 7.25. The Bertz CT molecular complexity index is 708. The smallest absolute Gasteiger partial charge is 0.353 e. The number of hydrogen-bond acceptors (Lipinski definition) is 8. The van der Waals surface area contributed by atoms with Crippen LogP contribution in [0.5, 0.6) is 11.5 Å². The van der Waals surface area contributed by atoms with Crippen molar-refractivity contribution in [1.29, 1.82) is 0 Å². The van der Waals surface area contributed by atoms with Crippen molar-refractivity contribution in [3.8, 4) is 11.5 Å². The summed E-state index contributed by atoms with van der Waals surface area (Å²) in [6.45, 7) is 2.33. The normalized spacial score (nSPS) is 10.0. The van der Waals surface area contributed by atoms with Crippen LogP contribution in [0.1, 0.15) is 6.92 Å². The third-order valence-corrected chi connectivity index (χ3v) is 3.01. The molecule has 0 atom stereocenters. The van der Waals surface area contributed by atoms with Crippen molar-refractivity contribution >= 4 is 23.0 Å². The SMILES string of the molecule is CCNc1ncnc(Nc2ccc(OC)cc2OC)c1[N+](=O)[O-]. The lowest BCUT2D eigenvalue weighted by Gasteiger charge is -2.13. The van der Waals surface area contributed by atoms with Gasteiger partial charge in [-0.25, -0.2) is 9.97 Å². The minimum Gasteiger partial charge on any atom is -0.497 e. The number of aromatic nitrogens is 2. The summed E-state index contributed by atoms with van der Waals surface area (Å²) < 4.78 is 10.4. The predicted octanol–water partition coefficient (Wildman–Crippen LogP) is 2.58. The number of anilines is 3. The highest BCUT2D eigenvalue weighted by Gasteiger charge is 2.23. The molecular weight excluding hydrogens is 302 g/mol. The molecule has 2 N–H and O–H groups in total. The lowest BCUT2D eigenvalue weighted by Crippen LogP contribution is -2.08. The van der Waals surface area contributed by atoms with Crippen LogP contribution >= 0.6 is 0 Å². The van der Waals surface area contributed by atoms with E-state index < -0.39 is 4.92 Å². The van der Waals surface area contributed by atoms with E-state index in [-0.39, 0.29) is 17.3 Å². The number of ether oxygens (including phenoxy) is 2. The quantitative estimate of drug-likeness (QED) is 0.591. The average molecular weight is 319 g/mol. The Hall–Kier alpha value is -3.10. The van der Waals surface area contributed by atoms with Gasteiger partial charge in [0.1, 0.15) is 17.8 Å². The predicted molar refractivity (Wildman–Crippen MR) is 85.7 cm³/mol. The third-order valence-electron chi connectivity index (χ3n) is 3.01. The molecule has 9 heteroatoms. The molecule has 0 bridgehead atoms. The summed E-state index contributed by atoms with van der Waals surface area (Å²) in [5, 5.41) is 17.1. The van der Waals surface area contributed by atoms with E-state index in [4.69, 9.17) is 9.47 Å². The molecule has 1 aromatic heterocycles. The Kier molecular flexibility index (Phi) is 5.13. The third kappa shape index (κ3) is 3.57. The van der Waals surface area contributed by atoms with Gasteiger partial charge >= 0.3 is 5.69 Å². The summed E-state index contributed by atoms with van der Waals surface area (Å²) in [4.78, 5) is 18.7. The van der Waals surface area contributed by atoms with Gasteiger partial charge in [-0.2, -0.15) is 0 Å². The first kappa shape index (κ1) is 16.3. The molecule has 0 unspecified atom stereocenters. The molecule has 9 nitrogen and oxygen atoms in total. The van der Waals surface area contributed by atoms with E-state index in [0.717, 1.165) is 0 Å². The van der Waals surface area contributed by atoms with Crippen LogP contribution in [0.2, 0.25) is 0 Å². The minimum absolute atomic E-state index is 0.0735. The molecule has 2 rings (SSSR count). The first-order valence-corrected chi connectivity index (χ1v) is 6.83. The van der Waals surface area contributed by atoms with Gasteiger partial charge in [0.05, 0.1) is 24.8 Å². The molecule has 0 aliphatic carbocycles. The average Bonchev–Trinajstić information content (AvgIpc) is 2.55. The highest BCUT2D eigenvalue weighted by molar-refractivity contribution is 5.76. The molecule has 0 saturated carbocycles. The van der Waals surface area contributed by atoms with Crippen LogP contribution in [-0.2, 0) is 0 Å². The van der Waals surface area contributed by atoms with Crippen LogP contribution < -0.4 is 20.1 Å². The largest absolute Gasteiger partial charge is 0.497 e. The lowest BCUT2D eigenvalue weighted by atomic mass is 10.2. The minimum atomic E-state index is -0.531. The van der Waals surface area contributed by atoms with Gasteiger partial charge in [0.25, 0.3) is 0 Å². The fourth-order valence-electron chi connectivity index (χ4n) is 1.97. The van der Waals surface area contributed by atoms with Gasteiger partial charge in [-0.15, -0.1) is 0 Å². The zero-order chi connectivity index (χ0) is 16.8. The van der Waals surface area contributed by atoms with Crippen LogP contribution in [0.4, 0.5) is 23.0 Å². The van der Waals surface area contributed by atoms with Crippen LogP contribution in [0.15, 0.2) is 24.5 Å². The van der Waals surface area contributed by atoms with Crippen molar-refractivity contribution in [3.05, 3.63) is 34.6 Å². The van der Waals surface area contributed by atoms with Crippen LogP contribution in [0.3, 0.4) is 0 Å². The van der Waals surface area contributed by atoms with E-state index in [1.165, 1.54) is 13.4 Å². The number of rotatable bonds is 7. The van der Waals surface area contributed by atoms with Crippen molar-refractivity contribution in [1.82, 2.24) is 9.97 Å². The molecule has 122 valence electrons.